The van der Waals surface area contributed by atoms with Crippen LogP contribution in [0.4, 0.5) is 0 Å². The fourth-order valence-electron chi connectivity index (χ4n) is 2.85. The highest BCUT2D eigenvalue weighted by Crippen LogP contribution is 2.32. The third-order valence-electron chi connectivity index (χ3n) is 4.17. The molecule has 0 atom stereocenters. The van der Waals surface area contributed by atoms with Crippen LogP contribution in [0.3, 0.4) is 0 Å². The Morgan fingerprint density at radius 2 is 2.04 bits per heavy atom. The molecule has 4 rings (SSSR count). The van der Waals surface area contributed by atoms with Gasteiger partial charge in [-0.3, -0.25) is 9.59 Å². The van der Waals surface area contributed by atoms with Gasteiger partial charge in [-0.25, -0.2) is 0 Å². The Morgan fingerprint density at radius 3 is 2.86 bits per heavy atom. The van der Waals surface area contributed by atoms with E-state index in [4.69, 9.17) is 25.8 Å². The summed E-state index contributed by atoms with van der Waals surface area (Å²) in [5.41, 5.74) is 1.52. The second-order valence-corrected chi connectivity index (χ2v) is 7.47. The average Bonchev–Trinajstić information content (AvgIpc) is 3.25. The molecule has 0 spiro atoms. The molecule has 0 saturated heterocycles. The number of fused-ring (bicyclic) bond motifs is 2. The molecule has 1 amide bonds. The lowest BCUT2D eigenvalue weighted by atomic mass is 10.1. The minimum absolute atomic E-state index is 0.0474. The van der Waals surface area contributed by atoms with Crippen molar-refractivity contribution in [1.82, 2.24) is 4.57 Å². The number of aromatic nitrogens is 1. The highest BCUT2D eigenvalue weighted by atomic mass is 35.5. The number of benzene rings is 2. The average molecular weight is 419 g/mol. The van der Waals surface area contributed by atoms with Gasteiger partial charge in [-0.05, 0) is 35.9 Å². The molecule has 28 heavy (non-hydrogen) atoms. The zero-order valence-corrected chi connectivity index (χ0v) is 16.4. The van der Waals surface area contributed by atoms with Crippen LogP contribution < -0.4 is 14.3 Å². The number of esters is 1. The van der Waals surface area contributed by atoms with Gasteiger partial charge in [-0.1, -0.05) is 29.0 Å². The molecule has 9 heteroatoms. The maximum Gasteiger partial charge on any atom is 0.325 e. The van der Waals surface area contributed by atoms with Crippen LogP contribution in [0.25, 0.3) is 10.2 Å². The predicted molar refractivity (Wildman–Crippen MR) is 104 cm³/mol. The van der Waals surface area contributed by atoms with Crippen LogP contribution in [0.2, 0.25) is 5.02 Å². The van der Waals surface area contributed by atoms with Gasteiger partial charge in [-0.2, -0.15) is 4.99 Å². The fraction of sp³-hybridized carbons (Fsp3) is 0.211. The van der Waals surface area contributed by atoms with Crippen LogP contribution in [0.1, 0.15) is 5.56 Å². The Kier molecular flexibility index (Phi) is 5.06. The van der Waals surface area contributed by atoms with E-state index in [1.165, 1.54) is 18.4 Å². The third-order valence-corrected chi connectivity index (χ3v) is 5.45. The zero-order chi connectivity index (χ0) is 19.7. The van der Waals surface area contributed by atoms with E-state index in [9.17, 15) is 9.59 Å². The number of methoxy groups -OCH3 is 1. The molecule has 2 heterocycles. The number of hydrogen-bond donors (Lipinski definition) is 0. The van der Waals surface area contributed by atoms with Crippen LogP contribution in [-0.4, -0.2) is 30.3 Å². The second kappa shape index (κ2) is 7.65. The van der Waals surface area contributed by atoms with Crippen LogP contribution in [0, 0.1) is 0 Å². The monoisotopic (exact) mass is 418 g/mol. The Hall–Kier alpha value is -2.84. The molecule has 0 radical (unpaired) electrons. The van der Waals surface area contributed by atoms with Crippen molar-refractivity contribution in [2.24, 2.45) is 4.99 Å². The van der Waals surface area contributed by atoms with E-state index in [1.54, 1.807) is 41.0 Å². The van der Waals surface area contributed by atoms with Crippen molar-refractivity contribution < 1.29 is 23.8 Å². The fourth-order valence-corrected chi connectivity index (χ4v) is 4.17. The number of hydrogen-bond acceptors (Lipinski definition) is 6. The topological polar surface area (TPSA) is 79.1 Å². The number of thiazole rings is 1. The SMILES string of the molecule is COC(=O)Cn1c(=NC(=O)Cc2ccc3c(c2)OCO3)sc2cc(Cl)ccc21. The van der Waals surface area contributed by atoms with Gasteiger partial charge in [0.1, 0.15) is 6.54 Å². The molecule has 144 valence electrons. The quantitative estimate of drug-likeness (QED) is 0.609. The second-order valence-electron chi connectivity index (χ2n) is 6.03. The number of amides is 1. The van der Waals surface area contributed by atoms with Crippen molar-refractivity contribution in [3.63, 3.8) is 0 Å². The molecule has 1 aliphatic heterocycles. The first kappa shape index (κ1) is 18.5. The van der Waals surface area contributed by atoms with Gasteiger partial charge >= 0.3 is 5.97 Å². The number of carbonyl (C=O) groups is 2. The summed E-state index contributed by atoms with van der Waals surface area (Å²) in [4.78, 5) is 29.0. The summed E-state index contributed by atoms with van der Waals surface area (Å²) >= 11 is 7.35. The Bertz CT molecular complexity index is 1150. The predicted octanol–water partition coefficient (Wildman–Crippen LogP) is 2.93. The minimum Gasteiger partial charge on any atom is -0.468 e. The summed E-state index contributed by atoms with van der Waals surface area (Å²) < 4.78 is 17.8. The first-order valence-corrected chi connectivity index (χ1v) is 9.55. The van der Waals surface area contributed by atoms with Gasteiger partial charge in [0, 0.05) is 5.02 Å². The molecule has 0 unspecified atom stereocenters. The number of halogens is 1. The van der Waals surface area contributed by atoms with E-state index in [0.717, 1.165) is 15.8 Å². The normalized spacial score (nSPS) is 13.1. The molecule has 2 aromatic carbocycles. The Labute approximate surface area is 168 Å². The van der Waals surface area contributed by atoms with Crippen LogP contribution in [0.15, 0.2) is 41.4 Å². The third kappa shape index (κ3) is 3.74. The Balaban J connectivity index is 1.68. The summed E-state index contributed by atoms with van der Waals surface area (Å²) in [5, 5.41) is 0.567. The molecule has 0 aliphatic carbocycles. The molecular formula is C19H15ClN2O5S. The van der Waals surface area contributed by atoms with Crippen molar-refractivity contribution in [3.8, 4) is 11.5 Å². The maximum absolute atomic E-state index is 12.5. The zero-order valence-electron chi connectivity index (χ0n) is 14.8. The van der Waals surface area contributed by atoms with Crippen molar-refractivity contribution in [1.29, 1.82) is 0 Å². The van der Waals surface area contributed by atoms with Crippen molar-refractivity contribution >= 4 is 45.0 Å². The van der Waals surface area contributed by atoms with Crippen LogP contribution in [0.5, 0.6) is 11.5 Å². The van der Waals surface area contributed by atoms with E-state index >= 15 is 0 Å². The number of nitrogens with zero attached hydrogens (tertiary/aromatic N) is 2. The van der Waals surface area contributed by atoms with Crippen molar-refractivity contribution in [3.05, 3.63) is 51.8 Å². The summed E-state index contributed by atoms with van der Waals surface area (Å²) in [6.45, 7) is 0.128. The van der Waals surface area contributed by atoms with Gasteiger partial charge in [0.25, 0.3) is 5.91 Å². The van der Waals surface area contributed by atoms with E-state index in [-0.39, 0.29) is 25.7 Å². The van der Waals surface area contributed by atoms with Crippen LogP contribution in [-0.2, 0) is 27.3 Å². The highest BCUT2D eigenvalue weighted by Gasteiger charge is 2.15. The molecule has 3 aromatic rings. The van der Waals surface area contributed by atoms with Gasteiger partial charge in [0.05, 0.1) is 23.7 Å². The first-order chi connectivity index (χ1) is 13.5. The van der Waals surface area contributed by atoms with E-state index < -0.39 is 5.97 Å². The summed E-state index contributed by atoms with van der Waals surface area (Å²) in [5.74, 6) is 0.502. The lowest BCUT2D eigenvalue weighted by molar-refractivity contribution is -0.141. The molecule has 0 fully saturated rings. The van der Waals surface area contributed by atoms with Gasteiger partial charge in [-0.15, -0.1) is 0 Å². The standard InChI is InChI=1S/C19H15ClN2O5S/c1-25-18(24)9-22-13-4-3-12(20)8-16(13)28-19(22)21-17(23)7-11-2-5-14-15(6-11)27-10-26-14/h2-6,8H,7,9-10H2,1H3. The van der Waals surface area contributed by atoms with Crippen LogP contribution >= 0.6 is 22.9 Å². The molecule has 1 aliphatic rings. The first-order valence-electron chi connectivity index (χ1n) is 8.35. The number of rotatable bonds is 4. The van der Waals surface area contributed by atoms with E-state index in [0.29, 0.717) is 21.3 Å². The van der Waals surface area contributed by atoms with Crippen molar-refractivity contribution in [2.45, 2.75) is 13.0 Å². The summed E-state index contributed by atoms with van der Waals surface area (Å²) in [7, 11) is 1.32. The smallest absolute Gasteiger partial charge is 0.325 e. The molecular weight excluding hydrogens is 404 g/mol. The number of carbonyl (C=O) groups excluding carboxylic acids is 2. The summed E-state index contributed by atoms with van der Waals surface area (Å²) in [6.07, 6.45) is 0.101. The number of ether oxygens (including phenoxy) is 3. The lowest BCUT2D eigenvalue weighted by Crippen LogP contribution is -2.22. The molecule has 0 saturated carbocycles. The van der Waals surface area contributed by atoms with E-state index in [2.05, 4.69) is 4.99 Å². The maximum atomic E-state index is 12.5. The largest absolute Gasteiger partial charge is 0.468 e. The highest BCUT2D eigenvalue weighted by molar-refractivity contribution is 7.16. The molecule has 7 nitrogen and oxygen atoms in total. The van der Waals surface area contributed by atoms with E-state index in [1.807, 2.05) is 0 Å². The molecule has 1 aromatic heterocycles. The minimum atomic E-state index is -0.431. The summed E-state index contributed by atoms with van der Waals surface area (Å²) in [6, 6.07) is 10.6. The Morgan fingerprint density at radius 1 is 1.21 bits per heavy atom. The van der Waals surface area contributed by atoms with Gasteiger partial charge in [0.2, 0.25) is 6.79 Å². The van der Waals surface area contributed by atoms with Gasteiger partial charge < -0.3 is 18.8 Å². The van der Waals surface area contributed by atoms with Gasteiger partial charge in [0.15, 0.2) is 16.3 Å². The van der Waals surface area contributed by atoms with Crippen molar-refractivity contribution in [2.75, 3.05) is 13.9 Å². The lowest BCUT2D eigenvalue weighted by Gasteiger charge is -2.04. The molecule has 0 bridgehead atoms. The molecule has 0 N–H and O–H groups in total.